The average Bonchev–Trinajstić information content (AvgIpc) is 2.85. The minimum Gasteiger partial charge on any atom is -0.392 e. The molecule has 9 heteroatoms. The second kappa shape index (κ2) is 5.59. The van der Waals surface area contributed by atoms with Gasteiger partial charge < -0.3 is 5.11 Å². The first-order chi connectivity index (χ1) is 9.05. The van der Waals surface area contributed by atoms with E-state index in [0.717, 1.165) is 5.01 Å². The van der Waals surface area contributed by atoms with Crippen LogP contribution in [-0.4, -0.2) is 28.7 Å². The van der Waals surface area contributed by atoms with E-state index >= 15 is 0 Å². The summed E-state index contributed by atoms with van der Waals surface area (Å²) >= 11 is 1.18. The van der Waals surface area contributed by atoms with Crippen molar-refractivity contribution in [2.24, 2.45) is 0 Å². The molecule has 0 radical (unpaired) electrons. The molecule has 0 aromatic carbocycles. The summed E-state index contributed by atoms with van der Waals surface area (Å²) in [5.74, 6) is 0. The van der Waals surface area contributed by atoms with Crippen molar-refractivity contribution >= 4 is 26.5 Å². The zero-order chi connectivity index (χ0) is 13.9. The number of aliphatic hydroxyl groups excluding tert-OH is 1. The Labute approximate surface area is 114 Å². The third-order valence-electron chi connectivity index (χ3n) is 2.25. The SMILES string of the molecule is CCc1nnc(NS(=O)(=O)c2ccc(CO)cn2)s1. The summed E-state index contributed by atoms with van der Waals surface area (Å²) in [6.45, 7) is 1.73. The molecule has 2 N–H and O–H groups in total. The molecule has 0 fully saturated rings. The van der Waals surface area contributed by atoms with E-state index in [-0.39, 0.29) is 16.8 Å². The lowest BCUT2D eigenvalue weighted by molar-refractivity contribution is 0.281. The van der Waals surface area contributed by atoms with E-state index in [4.69, 9.17) is 5.11 Å². The molecule has 0 atom stereocenters. The summed E-state index contributed by atoms with van der Waals surface area (Å²) in [5.41, 5.74) is 0.545. The quantitative estimate of drug-likeness (QED) is 0.845. The van der Waals surface area contributed by atoms with Gasteiger partial charge in [0.1, 0.15) is 5.01 Å². The Morgan fingerprint density at radius 2 is 2.16 bits per heavy atom. The van der Waals surface area contributed by atoms with Crippen molar-refractivity contribution < 1.29 is 13.5 Å². The standard InChI is InChI=1S/C10H12N4O3S2/c1-2-8-12-13-10(18-8)14-19(16,17)9-4-3-7(6-15)5-11-9/h3-5,15H,2,6H2,1H3,(H,13,14). The van der Waals surface area contributed by atoms with Crippen LogP contribution in [0.25, 0.3) is 0 Å². The third-order valence-corrected chi connectivity index (χ3v) is 4.61. The normalized spacial score (nSPS) is 11.5. The van der Waals surface area contributed by atoms with E-state index in [9.17, 15) is 8.42 Å². The number of aliphatic hydroxyl groups is 1. The number of aromatic nitrogens is 3. The van der Waals surface area contributed by atoms with Crippen LogP contribution >= 0.6 is 11.3 Å². The molecule has 0 unspecified atom stereocenters. The maximum atomic E-state index is 12.0. The van der Waals surface area contributed by atoms with Gasteiger partial charge in [0.2, 0.25) is 5.13 Å². The molecule has 0 aliphatic heterocycles. The number of anilines is 1. The second-order valence-electron chi connectivity index (χ2n) is 3.62. The van der Waals surface area contributed by atoms with Crippen molar-refractivity contribution in [3.05, 3.63) is 28.9 Å². The van der Waals surface area contributed by atoms with Crippen LogP contribution in [0.15, 0.2) is 23.4 Å². The number of pyridine rings is 1. The lowest BCUT2D eigenvalue weighted by Gasteiger charge is -2.04. The first-order valence-corrected chi connectivity index (χ1v) is 7.76. The monoisotopic (exact) mass is 300 g/mol. The van der Waals surface area contributed by atoms with Crippen LogP contribution in [0.3, 0.4) is 0 Å². The highest BCUT2D eigenvalue weighted by atomic mass is 32.2. The first kappa shape index (κ1) is 13.8. The van der Waals surface area contributed by atoms with Gasteiger partial charge in [0, 0.05) is 6.20 Å². The summed E-state index contributed by atoms with van der Waals surface area (Å²) in [5, 5.41) is 17.3. The molecule has 0 aliphatic carbocycles. The van der Waals surface area contributed by atoms with E-state index < -0.39 is 10.0 Å². The van der Waals surface area contributed by atoms with Gasteiger partial charge in [-0.1, -0.05) is 24.3 Å². The van der Waals surface area contributed by atoms with E-state index in [1.165, 1.54) is 29.7 Å². The van der Waals surface area contributed by atoms with Gasteiger partial charge in [-0.25, -0.2) is 4.98 Å². The Morgan fingerprint density at radius 3 is 2.68 bits per heavy atom. The van der Waals surface area contributed by atoms with E-state index in [0.29, 0.717) is 12.0 Å². The van der Waals surface area contributed by atoms with Gasteiger partial charge >= 0.3 is 0 Å². The predicted molar refractivity (Wildman–Crippen MR) is 70.3 cm³/mol. The molecule has 0 spiro atoms. The zero-order valence-electron chi connectivity index (χ0n) is 10.1. The minimum absolute atomic E-state index is 0.127. The zero-order valence-corrected chi connectivity index (χ0v) is 11.7. The van der Waals surface area contributed by atoms with Crippen molar-refractivity contribution in [1.82, 2.24) is 15.2 Å². The Hall–Kier alpha value is -1.58. The molecule has 2 heterocycles. The van der Waals surface area contributed by atoms with Gasteiger partial charge in [0.15, 0.2) is 5.03 Å². The first-order valence-electron chi connectivity index (χ1n) is 5.46. The Balaban J connectivity index is 2.21. The largest absolute Gasteiger partial charge is 0.392 e. The van der Waals surface area contributed by atoms with Gasteiger partial charge in [-0.3, -0.25) is 4.72 Å². The number of aryl methyl sites for hydroxylation is 1. The fourth-order valence-corrected chi connectivity index (χ4v) is 3.11. The van der Waals surface area contributed by atoms with Gasteiger partial charge in [-0.05, 0) is 18.1 Å². The second-order valence-corrected chi connectivity index (χ2v) is 6.31. The molecule has 7 nitrogen and oxygen atoms in total. The van der Waals surface area contributed by atoms with Crippen molar-refractivity contribution in [2.45, 2.75) is 25.0 Å². The molecule has 2 aromatic heterocycles. The highest BCUT2D eigenvalue weighted by molar-refractivity contribution is 7.92. The molecule has 0 amide bonds. The third kappa shape index (κ3) is 3.25. The van der Waals surface area contributed by atoms with Gasteiger partial charge in [0.25, 0.3) is 10.0 Å². The summed E-state index contributed by atoms with van der Waals surface area (Å²) in [4.78, 5) is 3.79. The summed E-state index contributed by atoms with van der Waals surface area (Å²) in [7, 11) is -3.77. The highest BCUT2D eigenvalue weighted by Crippen LogP contribution is 2.19. The molecule has 2 aromatic rings. The van der Waals surface area contributed by atoms with E-state index in [1.807, 2.05) is 6.92 Å². The van der Waals surface area contributed by atoms with Crippen LogP contribution < -0.4 is 4.72 Å². The summed E-state index contributed by atoms with van der Waals surface area (Å²) in [6.07, 6.45) is 2.01. The molecule has 2 rings (SSSR count). The average molecular weight is 300 g/mol. The smallest absolute Gasteiger partial charge is 0.281 e. The Morgan fingerprint density at radius 1 is 1.37 bits per heavy atom. The summed E-state index contributed by atoms with van der Waals surface area (Å²) in [6, 6.07) is 2.83. The molecule has 0 aliphatic rings. The molecule has 19 heavy (non-hydrogen) atoms. The summed E-state index contributed by atoms with van der Waals surface area (Å²) < 4.78 is 26.3. The maximum Gasteiger partial charge on any atom is 0.281 e. The molecule has 0 saturated carbocycles. The van der Waals surface area contributed by atoms with Crippen molar-refractivity contribution in [3.63, 3.8) is 0 Å². The van der Waals surface area contributed by atoms with Crippen LogP contribution in [0.1, 0.15) is 17.5 Å². The van der Waals surface area contributed by atoms with E-state index in [1.54, 1.807) is 0 Å². The number of rotatable bonds is 5. The number of sulfonamides is 1. The molecular formula is C10H12N4O3S2. The topological polar surface area (TPSA) is 105 Å². The van der Waals surface area contributed by atoms with Crippen molar-refractivity contribution in [2.75, 3.05) is 4.72 Å². The lowest BCUT2D eigenvalue weighted by Crippen LogP contribution is -2.14. The van der Waals surface area contributed by atoms with Crippen LogP contribution in [0.2, 0.25) is 0 Å². The maximum absolute atomic E-state index is 12.0. The van der Waals surface area contributed by atoms with Crippen LogP contribution in [-0.2, 0) is 23.1 Å². The lowest BCUT2D eigenvalue weighted by atomic mass is 10.3. The number of hydrogen-bond donors (Lipinski definition) is 2. The van der Waals surface area contributed by atoms with Crippen LogP contribution in [0.4, 0.5) is 5.13 Å². The van der Waals surface area contributed by atoms with E-state index in [2.05, 4.69) is 19.9 Å². The highest BCUT2D eigenvalue weighted by Gasteiger charge is 2.18. The van der Waals surface area contributed by atoms with Crippen molar-refractivity contribution in [1.29, 1.82) is 0 Å². The number of nitrogens with one attached hydrogen (secondary N) is 1. The van der Waals surface area contributed by atoms with Crippen LogP contribution in [0, 0.1) is 0 Å². The molecular weight excluding hydrogens is 288 g/mol. The van der Waals surface area contributed by atoms with Gasteiger partial charge in [-0.15, -0.1) is 10.2 Å². The minimum atomic E-state index is -3.77. The molecule has 0 bridgehead atoms. The van der Waals surface area contributed by atoms with Gasteiger partial charge in [-0.2, -0.15) is 8.42 Å². The van der Waals surface area contributed by atoms with Crippen LogP contribution in [0.5, 0.6) is 0 Å². The fraction of sp³-hybridized carbons (Fsp3) is 0.300. The van der Waals surface area contributed by atoms with Gasteiger partial charge in [0.05, 0.1) is 6.61 Å². The predicted octanol–water partition coefficient (Wildman–Crippen LogP) is 0.789. The Bertz CT molecular complexity index is 652. The molecule has 0 saturated heterocycles. The number of hydrogen-bond acceptors (Lipinski definition) is 7. The van der Waals surface area contributed by atoms with Crippen molar-refractivity contribution in [3.8, 4) is 0 Å². The number of nitrogens with zero attached hydrogens (tertiary/aromatic N) is 3. The Kier molecular flexibility index (Phi) is 4.08. The molecule has 102 valence electrons. The fourth-order valence-electron chi connectivity index (χ4n) is 1.27.